The Morgan fingerprint density at radius 1 is 1.14 bits per heavy atom. The van der Waals surface area contributed by atoms with Crippen molar-refractivity contribution < 1.29 is 13.2 Å². The van der Waals surface area contributed by atoms with Gasteiger partial charge in [-0.1, -0.05) is 6.07 Å². The average Bonchev–Trinajstić information content (AvgIpc) is 2.86. The Bertz CT molecular complexity index is 794. The fourth-order valence-electron chi connectivity index (χ4n) is 2.34. The third kappa shape index (κ3) is 2.55. The summed E-state index contributed by atoms with van der Waals surface area (Å²) in [6.45, 7) is 0.309. The number of aromatic nitrogens is 3. The first kappa shape index (κ1) is 14.5. The molecule has 0 amide bonds. The molecule has 0 spiro atoms. The van der Waals surface area contributed by atoms with Crippen LogP contribution in [-0.4, -0.2) is 20.9 Å². The summed E-state index contributed by atoms with van der Waals surface area (Å²) in [4.78, 5) is 8.62. The molecule has 3 aromatic heterocycles. The second kappa shape index (κ2) is 5.42. The predicted octanol–water partition coefficient (Wildman–Crippen LogP) is 2.92. The minimum Gasteiger partial charge on any atom is -0.330 e. The number of halogens is 3. The number of rotatable bonds is 3. The van der Waals surface area contributed by atoms with Crippen molar-refractivity contribution in [2.24, 2.45) is 5.73 Å². The van der Waals surface area contributed by atoms with E-state index in [-0.39, 0.29) is 0 Å². The number of hydrogen-bond acceptors (Lipinski definition) is 3. The quantitative estimate of drug-likeness (QED) is 0.809. The molecule has 0 fully saturated rings. The SMILES string of the molecule is NCCc1c(-c2ccccn2)nc2ccc(C(F)(F)F)cn12. The van der Waals surface area contributed by atoms with Crippen LogP contribution in [0.1, 0.15) is 11.3 Å². The Labute approximate surface area is 124 Å². The van der Waals surface area contributed by atoms with E-state index >= 15 is 0 Å². The molecule has 0 aliphatic heterocycles. The van der Waals surface area contributed by atoms with Crippen LogP contribution < -0.4 is 5.73 Å². The maximum atomic E-state index is 12.9. The molecule has 7 heteroatoms. The van der Waals surface area contributed by atoms with Gasteiger partial charge < -0.3 is 10.1 Å². The van der Waals surface area contributed by atoms with Crippen LogP contribution >= 0.6 is 0 Å². The van der Waals surface area contributed by atoms with Gasteiger partial charge in [-0.15, -0.1) is 0 Å². The van der Waals surface area contributed by atoms with Crippen molar-refractivity contribution in [1.29, 1.82) is 0 Å². The normalized spacial score (nSPS) is 12.0. The van der Waals surface area contributed by atoms with Crippen molar-refractivity contribution in [2.45, 2.75) is 12.6 Å². The standard InChI is InChI=1S/C15H13F3N4/c16-15(17,18)10-4-5-13-21-14(11-3-1-2-8-20-11)12(6-7-19)22(13)9-10/h1-5,8-9H,6-7,19H2. The zero-order chi connectivity index (χ0) is 15.7. The van der Waals surface area contributed by atoms with Gasteiger partial charge in [0.15, 0.2) is 0 Å². The van der Waals surface area contributed by atoms with Crippen LogP contribution in [0.4, 0.5) is 13.2 Å². The molecule has 0 bridgehead atoms. The summed E-state index contributed by atoms with van der Waals surface area (Å²) < 4.78 is 40.1. The highest BCUT2D eigenvalue weighted by atomic mass is 19.4. The number of nitrogens with two attached hydrogens (primary N) is 1. The minimum absolute atomic E-state index is 0.309. The van der Waals surface area contributed by atoms with E-state index in [1.54, 1.807) is 24.4 Å². The maximum absolute atomic E-state index is 12.9. The van der Waals surface area contributed by atoms with Gasteiger partial charge in [-0.25, -0.2) is 4.98 Å². The Balaban J connectivity index is 2.24. The van der Waals surface area contributed by atoms with Crippen LogP contribution in [0.2, 0.25) is 0 Å². The highest BCUT2D eigenvalue weighted by Gasteiger charge is 2.31. The molecule has 22 heavy (non-hydrogen) atoms. The minimum atomic E-state index is -4.40. The van der Waals surface area contributed by atoms with E-state index in [1.807, 2.05) is 0 Å². The Morgan fingerprint density at radius 2 is 1.95 bits per heavy atom. The van der Waals surface area contributed by atoms with Crippen molar-refractivity contribution in [2.75, 3.05) is 6.54 Å². The van der Waals surface area contributed by atoms with Gasteiger partial charge in [0.05, 0.1) is 17.0 Å². The van der Waals surface area contributed by atoms with Crippen molar-refractivity contribution in [3.63, 3.8) is 0 Å². The highest BCUT2D eigenvalue weighted by Crippen LogP contribution is 2.31. The summed E-state index contributed by atoms with van der Waals surface area (Å²) in [7, 11) is 0. The topological polar surface area (TPSA) is 56.2 Å². The zero-order valence-corrected chi connectivity index (χ0v) is 11.5. The van der Waals surface area contributed by atoms with Crippen molar-refractivity contribution in [3.8, 4) is 11.4 Å². The molecule has 0 radical (unpaired) electrons. The first-order chi connectivity index (χ1) is 10.5. The van der Waals surface area contributed by atoms with Gasteiger partial charge in [-0.3, -0.25) is 4.98 Å². The smallest absolute Gasteiger partial charge is 0.330 e. The van der Waals surface area contributed by atoms with E-state index in [1.165, 1.54) is 10.5 Å². The highest BCUT2D eigenvalue weighted by molar-refractivity contribution is 5.63. The number of alkyl halides is 3. The molecule has 0 aliphatic carbocycles. The molecule has 2 N–H and O–H groups in total. The zero-order valence-electron chi connectivity index (χ0n) is 11.5. The molecule has 4 nitrogen and oxygen atoms in total. The fourth-order valence-corrected chi connectivity index (χ4v) is 2.34. The van der Waals surface area contributed by atoms with Gasteiger partial charge in [0, 0.05) is 18.8 Å². The molecule has 0 saturated heterocycles. The van der Waals surface area contributed by atoms with Gasteiger partial charge in [0.25, 0.3) is 0 Å². The molecule has 114 valence electrons. The van der Waals surface area contributed by atoms with Crippen LogP contribution in [0.15, 0.2) is 42.7 Å². The summed E-state index contributed by atoms with van der Waals surface area (Å²) >= 11 is 0. The van der Waals surface area contributed by atoms with E-state index in [4.69, 9.17) is 5.73 Å². The van der Waals surface area contributed by atoms with Crippen molar-refractivity contribution in [1.82, 2.24) is 14.4 Å². The van der Waals surface area contributed by atoms with Gasteiger partial charge in [0.1, 0.15) is 11.3 Å². The lowest BCUT2D eigenvalue weighted by molar-refractivity contribution is -0.137. The molecule has 0 saturated carbocycles. The first-order valence-corrected chi connectivity index (χ1v) is 6.70. The van der Waals surface area contributed by atoms with Gasteiger partial charge in [-0.05, 0) is 30.8 Å². The van der Waals surface area contributed by atoms with Crippen LogP contribution in [0, 0.1) is 0 Å². The average molecular weight is 306 g/mol. The van der Waals surface area contributed by atoms with E-state index in [0.29, 0.717) is 35.7 Å². The molecular weight excluding hydrogens is 293 g/mol. The van der Waals surface area contributed by atoms with Crippen molar-refractivity contribution in [3.05, 3.63) is 54.0 Å². The lowest BCUT2D eigenvalue weighted by atomic mass is 10.2. The number of nitrogens with zero attached hydrogens (tertiary/aromatic N) is 3. The van der Waals surface area contributed by atoms with E-state index < -0.39 is 11.7 Å². The fraction of sp³-hybridized carbons (Fsp3) is 0.200. The summed E-state index contributed by atoms with van der Waals surface area (Å²) in [6, 6.07) is 7.72. The summed E-state index contributed by atoms with van der Waals surface area (Å²) in [5, 5.41) is 0. The molecule has 0 unspecified atom stereocenters. The Morgan fingerprint density at radius 3 is 2.59 bits per heavy atom. The second-order valence-electron chi connectivity index (χ2n) is 4.80. The van der Waals surface area contributed by atoms with E-state index in [2.05, 4.69) is 9.97 Å². The van der Waals surface area contributed by atoms with E-state index in [0.717, 1.165) is 12.3 Å². The Hall–Kier alpha value is -2.41. The Kier molecular flexibility index (Phi) is 3.58. The van der Waals surface area contributed by atoms with Gasteiger partial charge in [-0.2, -0.15) is 13.2 Å². The van der Waals surface area contributed by atoms with E-state index in [9.17, 15) is 13.2 Å². The van der Waals surface area contributed by atoms with Crippen LogP contribution in [0.5, 0.6) is 0 Å². The lowest BCUT2D eigenvalue weighted by Gasteiger charge is -2.08. The monoisotopic (exact) mass is 306 g/mol. The molecule has 0 aliphatic rings. The molecule has 0 atom stereocenters. The number of fused-ring (bicyclic) bond motifs is 1. The largest absolute Gasteiger partial charge is 0.417 e. The molecule has 3 aromatic rings. The number of imidazole rings is 1. The molecule has 3 rings (SSSR count). The first-order valence-electron chi connectivity index (χ1n) is 6.70. The van der Waals surface area contributed by atoms with Crippen molar-refractivity contribution >= 4 is 5.65 Å². The van der Waals surface area contributed by atoms with Gasteiger partial charge >= 0.3 is 6.18 Å². The predicted molar refractivity (Wildman–Crippen MR) is 76.2 cm³/mol. The molecule has 0 aromatic carbocycles. The molecule has 3 heterocycles. The van der Waals surface area contributed by atoms with Gasteiger partial charge in [0.2, 0.25) is 0 Å². The van der Waals surface area contributed by atoms with Crippen LogP contribution in [-0.2, 0) is 12.6 Å². The summed E-state index contributed by atoms with van der Waals surface area (Å²) in [5.41, 5.74) is 7.12. The van der Waals surface area contributed by atoms with Crippen LogP contribution in [0.3, 0.4) is 0 Å². The number of pyridine rings is 2. The number of hydrogen-bond donors (Lipinski definition) is 1. The second-order valence-corrected chi connectivity index (χ2v) is 4.80. The summed E-state index contributed by atoms with van der Waals surface area (Å²) in [6.07, 6.45) is -1.32. The van der Waals surface area contributed by atoms with Crippen LogP contribution in [0.25, 0.3) is 17.0 Å². The third-order valence-corrected chi connectivity index (χ3v) is 3.33. The summed E-state index contributed by atoms with van der Waals surface area (Å²) in [5.74, 6) is 0. The lowest BCUT2D eigenvalue weighted by Crippen LogP contribution is -2.09. The third-order valence-electron chi connectivity index (χ3n) is 3.33. The maximum Gasteiger partial charge on any atom is 0.417 e. The molecular formula is C15H13F3N4.